The van der Waals surface area contributed by atoms with E-state index >= 15 is 0 Å². The van der Waals surface area contributed by atoms with Crippen molar-refractivity contribution in [2.75, 3.05) is 0 Å². The molecule has 0 bridgehead atoms. The lowest BCUT2D eigenvalue weighted by Gasteiger charge is -2.43. The largest absolute Gasteiger partial charge is 0.393 e. The van der Waals surface area contributed by atoms with Gasteiger partial charge in [0.1, 0.15) is 0 Å². The minimum absolute atomic E-state index is 0.209. The predicted octanol–water partition coefficient (Wildman–Crippen LogP) is 6.01. The van der Waals surface area contributed by atoms with Crippen molar-refractivity contribution in [3.05, 3.63) is 47.1 Å². The van der Waals surface area contributed by atoms with Gasteiger partial charge in [-0.05, 0) is 86.2 Å². The molecule has 0 saturated heterocycles. The van der Waals surface area contributed by atoms with E-state index in [0.717, 1.165) is 49.7 Å². The van der Waals surface area contributed by atoms with Gasteiger partial charge in [-0.15, -0.1) is 0 Å². The molecule has 0 aromatic heterocycles. The minimum Gasteiger partial charge on any atom is -0.393 e. The van der Waals surface area contributed by atoms with Crippen molar-refractivity contribution in [2.45, 2.75) is 110 Å². The molecule has 0 spiro atoms. The maximum absolute atomic E-state index is 10.7. The second kappa shape index (κ2) is 9.77. The number of fused-ring (bicyclic) bond motifs is 1. The maximum atomic E-state index is 10.7. The first-order valence-corrected chi connectivity index (χ1v) is 12.5. The van der Waals surface area contributed by atoms with Crippen molar-refractivity contribution in [3.8, 4) is 0 Å². The number of hydrogen-bond acceptors (Lipinski definition) is 3. The van der Waals surface area contributed by atoms with Crippen molar-refractivity contribution in [1.29, 1.82) is 0 Å². The lowest BCUT2D eigenvalue weighted by atomic mass is 9.62. The summed E-state index contributed by atoms with van der Waals surface area (Å²) in [5.74, 6) is 1.04. The third kappa shape index (κ3) is 5.10. The van der Waals surface area contributed by atoms with Crippen LogP contribution in [0.4, 0.5) is 0 Å². The molecule has 0 heterocycles. The van der Waals surface area contributed by atoms with Crippen LogP contribution in [-0.4, -0.2) is 33.1 Å². The molecule has 0 aliphatic heterocycles. The molecule has 3 aliphatic rings. The first-order chi connectivity index (χ1) is 14.6. The summed E-state index contributed by atoms with van der Waals surface area (Å²) in [6, 6.07) is 0. The summed E-state index contributed by atoms with van der Waals surface area (Å²) >= 11 is 0. The van der Waals surface area contributed by atoms with E-state index in [-0.39, 0.29) is 5.41 Å². The Balaban J connectivity index is 1.73. The molecule has 31 heavy (non-hydrogen) atoms. The van der Waals surface area contributed by atoms with Crippen molar-refractivity contribution in [3.63, 3.8) is 0 Å². The Labute approximate surface area is 189 Å². The van der Waals surface area contributed by atoms with E-state index in [4.69, 9.17) is 0 Å². The van der Waals surface area contributed by atoms with Gasteiger partial charge in [0.2, 0.25) is 0 Å². The smallest absolute Gasteiger partial charge is 0.0811 e. The molecule has 0 amide bonds. The highest BCUT2D eigenvalue weighted by atomic mass is 16.3. The van der Waals surface area contributed by atoms with Gasteiger partial charge in [0, 0.05) is 6.42 Å². The van der Waals surface area contributed by atoms with Gasteiger partial charge in [-0.3, -0.25) is 0 Å². The fourth-order valence-corrected chi connectivity index (χ4v) is 6.33. The van der Waals surface area contributed by atoms with Crippen LogP contribution in [-0.2, 0) is 0 Å². The fraction of sp³-hybridized carbons (Fsp3) is 0.714. The van der Waals surface area contributed by atoms with Crippen LogP contribution >= 0.6 is 0 Å². The summed E-state index contributed by atoms with van der Waals surface area (Å²) in [6.07, 6.45) is 15.0. The fourth-order valence-electron chi connectivity index (χ4n) is 6.33. The Morgan fingerprint density at radius 3 is 2.65 bits per heavy atom. The van der Waals surface area contributed by atoms with E-state index in [1.165, 1.54) is 18.4 Å². The van der Waals surface area contributed by atoms with Crippen molar-refractivity contribution < 1.29 is 15.3 Å². The third-order valence-electron chi connectivity index (χ3n) is 8.77. The standard InChI is InChI=1S/C28H44O3/c1-6-28(31,7-2)16-14-19(3)24-12-13-25-21(9-8-15-27(24,25)5)10-11-22-17-23(29)18-26(30)20(22)4/h10-12,19,23,25-26,29-31H,4,6-9,13-18H2,1-3,5H3/t19-,23+,25-,26-,27+/m0/s1. The number of aliphatic hydroxyl groups is 3. The van der Waals surface area contributed by atoms with Gasteiger partial charge in [-0.25, -0.2) is 0 Å². The number of hydrogen-bond donors (Lipinski definition) is 3. The molecular formula is C28H44O3. The van der Waals surface area contributed by atoms with Gasteiger partial charge in [0.05, 0.1) is 17.8 Å². The molecule has 0 aromatic rings. The molecule has 2 fully saturated rings. The Morgan fingerprint density at radius 2 is 1.97 bits per heavy atom. The second-order valence-electron chi connectivity index (χ2n) is 10.7. The molecule has 3 N–H and O–H groups in total. The molecule has 174 valence electrons. The summed E-state index contributed by atoms with van der Waals surface area (Å²) in [4.78, 5) is 0. The van der Waals surface area contributed by atoms with E-state index < -0.39 is 17.8 Å². The third-order valence-corrected chi connectivity index (χ3v) is 8.77. The van der Waals surface area contributed by atoms with E-state index in [1.807, 2.05) is 0 Å². The zero-order valence-electron chi connectivity index (χ0n) is 20.2. The first kappa shape index (κ1) is 24.5. The lowest BCUT2D eigenvalue weighted by molar-refractivity contribution is 0.0184. The monoisotopic (exact) mass is 428 g/mol. The summed E-state index contributed by atoms with van der Waals surface area (Å²) in [5, 5.41) is 30.9. The van der Waals surface area contributed by atoms with E-state index in [2.05, 4.69) is 52.5 Å². The van der Waals surface area contributed by atoms with Gasteiger partial charge in [0.25, 0.3) is 0 Å². The molecule has 5 atom stereocenters. The molecule has 2 saturated carbocycles. The number of aliphatic hydroxyl groups excluding tert-OH is 2. The van der Waals surface area contributed by atoms with Gasteiger partial charge in [0.15, 0.2) is 0 Å². The number of rotatable bonds is 7. The zero-order valence-corrected chi connectivity index (χ0v) is 20.2. The molecule has 0 aromatic carbocycles. The van der Waals surface area contributed by atoms with Crippen molar-refractivity contribution in [1.82, 2.24) is 0 Å². The highest BCUT2D eigenvalue weighted by molar-refractivity contribution is 5.40. The topological polar surface area (TPSA) is 60.7 Å². The Morgan fingerprint density at radius 1 is 1.26 bits per heavy atom. The average Bonchev–Trinajstić information content (AvgIpc) is 3.10. The molecule has 3 rings (SSSR count). The van der Waals surface area contributed by atoms with E-state index in [0.29, 0.717) is 24.7 Å². The van der Waals surface area contributed by atoms with Crippen LogP contribution in [0.15, 0.2) is 47.1 Å². The molecule has 3 nitrogen and oxygen atoms in total. The van der Waals surface area contributed by atoms with Crippen LogP contribution in [0.25, 0.3) is 0 Å². The van der Waals surface area contributed by atoms with E-state index in [1.54, 1.807) is 5.57 Å². The van der Waals surface area contributed by atoms with Crippen LogP contribution in [0, 0.1) is 17.3 Å². The number of allylic oxidation sites excluding steroid dienone is 5. The highest BCUT2D eigenvalue weighted by Gasteiger charge is 2.46. The minimum atomic E-state index is -0.629. The molecular weight excluding hydrogens is 384 g/mol. The second-order valence-corrected chi connectivity index (χ2v) is 10.7. The zero-order chi connectivity index (χ0) is 22.8. The molecule has 0 unspecified atom stereocenters. The van der Waals surface area contributed by atoms with Crippen LogP contribution in [0.1, 0.15) is 91.9 Å². The SMILES string of the molecule is C=C1C(=CC=C2CCC[C@]3(C)C([C@@H](C)CCC(O)(CC)CC)=CC[C@@H]23)C[C@@H](O)C[C@@H]1O. The quantitative estimate of drug-likeness (QED) is 0.435. The maximum Gasteiger partial charge on any atom is 0.0811 e. The van der Waals surface area contributed by atoms with Gasteiger partial charge >= 0.3 is 0 Å². The van der Waals surface area contributed by atoms with Crippen molar-refractivity contribution in [2.24, 2.45) is 17.3 Å². The van der Waals surface area contributed by atoms with Crippen LogP contribution in [0.2, 0.25) is 0 Å². The first-order valence-electron chi connectivity index (χ1n) is 12.5. The van der Waals surface area contributed by atoms with Gasteiger partial charge in [-0.1, -0.05) is 63.6 Å². The summed E-state index contributed by atoms with van der Waals surface area (Å²) in [7, 11) is 0. The predicted molar refractivity (Wildman–Crippen MR) is 129 cm³/mol. The van der Waals surface area contributed by atoms with Crippen molar-refractivity contribution >= 4 is 0 Å². The lowest BCUT2D eigenvalue weighted by Crippen LogP contribution is -2.33. The van der Waals surface area contributed by atoms with E-state index in [9.17, 15) is 15.3 Å². The molecule has 3 heteroatoms. The van der Waals surface area contributed by atoms with Gasteiger partial charge in [-0.2, -0.15) is 0 Å². The Bertz CT molecular complexity index is 754. The Hall–Kier alpha value is -1.16. The Kier molecular flexibility index (Phi) is 7.71. The van der Waals surface area contributed by atoms with Crippen LogP contribution in [0.3, 0.4) is 0 Å². The molecule has 3 aliphatic carbocycles. The van der Waals surface area contributed by atoms with Gasteiger partial charge < -0.3 is 15.3 Å². The summed E-state index contributed by atoms with van der Waals surface area (Å²) < 4.78 is 0. The average molecular weight is 429 g/mol. The highest BCUT2D eigenvalue weighted by Crippen LogP contribution is 2.57. The summed E-state index contributed by atoms with van der Waals surface area (Å²) in [5.41, 5.74) is 4.54. The normalized spacial score (nSPS) is 35.4. The van der Waals surface area contributed by atoms with Crippen LogP contribution in [0.5, 0.6) is 0 Å². The van der Waals surface area contributed by atoms with Crippen LogP contribution < -0.4 is 0 Å². The molecule has 0 radical (unpaired) electrons. The summed E-state index contributed by atoms with van der Waals surface area (Å²) in [6.45, 7) is 13.0.